The second-order valence-corrected chi connectivity index (χ2v) is 5.29. The number of anilines is 1. The Morgan fingerprint density at radius 3 is 2.05 bits per heavy atom. The summed E-state index contributed by atoms with van der Waals surface area (Å²) in [4.78, 5) is 0. The molecule has 0 aromatic heterocycles. The summed E-state index contributed by atoms with van der Waals surface area (Å²) >= 11 is 0. The van der Waals surface area contributed by atoms with E-state index in [4.69, 9.17) is 0 Å². The van der Waals surface area contributed by atoms with E-state index in [2.05, 4.69) is 66.8 Å². The number of hydrogen-bond donors (Lipinski definition) is 1. The van der Waals surface area contributed by atoms with E-state index in [-0.39, 0.29) is 0 Å². The average molecular weight is 250 g/mol. The molecule has 0 radical (unpaired) electrons. The SMILES string of the molecule is Cc1cc(C)cc(NN=C2Cc3ccccc3C2)c1. The summed E-state index contributed by atoms with van der Waals surface area (Å²) in [6.45, 7) is 4.22. The maximum Gasteiger partial charge on any atom is 0.0567 e. The zero-order valence-electron chi connectivity index (χ0n) is 11.4. The van der Waals surface area contributed by atoms with Gasteiger partial charge in [-0.15, -0.1) is 0 Å². The molecule has 0 aliphatic heterocycles. The van der Waals surface area contributed by atoms with Crippen molar-refractivity contribution in [3.8, 4) is 0 Å². The van der Waals surface area contributed by atoms with Gasteiger partial charge in [0.2, 0.25) is 0 Å². The molecule has 0 bridgehead atoms. The summed E-state index contributed by atoms with van der Waals surface area (Å²) in [5.41, 5.74) is 10.8. The third kappa shape index (κ3) is 2.68. The molecular formula is C17H18N2. The van der Waals surface area contributed by atoms with Crippen molar-refractivity contribution in [2.75, 3.05) is 5.43 Å². The molecule has 0 saturated carbocycles. The summed E-state index contributed by atoms with van der Waals surface area (Å²) in [7, 11) is 0. The third-order valence-electron chi connectivity index (χ3n) is 3.47. The normalized spacial score (nSPS) is 13.3. The molecule has 0 heterocycles. The van der Waals surface area contributed by atoms with Crippen LogP contribution in [-0.4, -0.2) is 5.71 Å². The van der Waals surface area contributed by atoms with Crippen LogP contribution in [0.1, 0.15) is 22.3 Å². The van der Waals surface area contributed by atoms with Crippen molar-refractivity contribution in [1.29, 1.82) is 0 Å². The molecule has 0 spiro atoms. The molecule has 0 saturated heterocycles. The molecule has 0 unspecified atom stereocenters. The lowest BCUT2D eigenvalue weighted by atomic mass is 10.1. The summed E-state index contributed by atoms with van der Waals surface area (Å²) in [5.74, 6) is 0. The van der Waals surface area contributed by atoms with Crippen LogP contribution in [0.3, 0.4) is 0 Å². The van der Waals surface area contributed by atoms with Crippen LogP contribution in [0.15, 0.2) is 47.6 Å². The number of nitrogens with one attached hydrogen (secondary N) is 1. The van der Waals surface area contributed by atoms with Gasteiger partial charge in [0.05, 0.1) is 5.69 Å². The van der Waals surface area contributed by atoms with Crippen LogP contribution >= 0.6 is 0 Å². The van der Waals surface area contributed by atoms with Gasteiger partial charge in [0.1, 0.15) is 0 Å². The summed E-state index contributed by atoms with van der Waals surface area (Å²) < 4.78 is 0. The molecule has 1 aliphatic rings. The molecule has 3 rings (SSSR count). The Morgan fingerprint density at radius 2 is 1.47 bits per heavy atom. The minimum atomic E-state index is 0.966. The lowest BCUT2D eigenvalue weighted by Gasteiger charge is -2.05. The van der Waals surface area contributed by atoms with E-state index in [1.54, 1.807) is 0 Å². The van der Waals surface area contributed by atoms with Crippen molar-refractivity contribution in [2.24, 2.45) is 5.10 Å². The van der Waals surface area contributed by atoms with Gasteiger partial charge in [-0.05, 0) is 48.2 Å². The van der Waals surface area contributed by atoms with Gasteiger partial charge in [0, 0.05) is 18.6 Å². The fourth-order valence-electron chi connectivity index (χ4n) is 2.67. The smallest absolute Gasteiger partial charge is 0.0567 e. The predicted octanol–water partition coefficient (Wildman–Crippen LogP) is 3.87. The zero-order chi connectivity index (χ0) is 13.2. The van der Waals surface area contributed by atoms with E-state index < -0.39 is 0 Å². The maximum atomic E-state index is 4.56. The third-order valence-corrected chi connectivity index (χ3v) is 3.47. The van der Waals surface area contributed by atoms with Gasteiger partial charge in [0.25, 0.3) is 0 Å². The van der Waals surface area contributed by atoms with Gasteiger partial charge in [-0.25, -0.2) is 0 Å². The molecule has 19 heavy (non-hydrogen) atoms. The Balaban J connectivity index is 1.75. The Labute approximate surface area is 114 Å². The van der Waals surface area contributed by atoms with E-state index in [1.807, 2.05) is 0 Å². The van der Waals surface area contributed by atoms with Crippen LogP contribution in [0.2, 0.25) is 0 Å². The van der Waals surface area contributed by atoms with Crippen molar-refractivity contribution in [2.45, 2.75) is 26.7 Å². The molecule has 1 aliphatic carbocycles. The highest BCUT2D eigenvalue weighted by atomic mass is 15.3. The van der Waals surface area contributed by atoms with Gasteiger partial charge in [0.15, 0.2) is 0 Å². The number of fused-ring (bicyclic) bond motifs is 1. The summed E-state index contributed by atoms with van der Waals surface area (Å²) in [6, 6.07) is 15.0. The van der Waals surface area contributed by atoms with Gasteiger partial charge in [-0.2, -0.15) is 5.10 Å². The van der Waals surface area contributed by atoms with Crippen LogP contribution in [-0.2, 0) is 12.8 Å². The molecule has 0 atom stereocenters. The van der Waals surface area contributed by atoms with Crippen LogP contribution in [0.4, 0.5) is 5.69 Å². The van der Waals surface area contributed by atoms with E-state index in [9.17, 15) is 0 Å². The topological polar surface area (TPSA) is 24.4 Å². The molecule has 0 amide bonds. The molecular weight excluding hydrogens is 232 g/mol. The number of hydrogen-bond acceptors (Lipinski definition) is 2. The van der Waals surface area contributed by atoms with Crippen molar-refractivity contribution in [1.82, 2.24) is 0 Å². The second kappa shape index (κ2) is 4.88. The van der Waals surface area contributed by atoms with Gasteiger partial charge in [-0.3, -0.25) is 5.43 Å². The summed E-state index contributed by atoms with van der Waals surface area (Å²) in [6.07, 6.45) is 1.93. The van der Waals surface area contributed by atoms with E-state index >= 15 is 0 Å². The van der Waals surface area contributed by atoms with Crippen molar-refractivity contribution in [3.63, 3.8) is 0 Å². The van der Waals surface area contributed by atoms with E-state index in [1.165, 1.54) is 28.0 Å². The predicted molar refractivity (Wildman–Crippen MR) is 80.8 cm³/mol. The Morgan fingerprint density at radius 1 is 0.895 bits per heavy atom. The minimum Gasteiger partial charge on any atom is -0.279 e. The number of rotatable bonds is 2. The monoisotopic (exact) mass is 250 g/mol. The van der Waals surface area contributed by atoms with Crippen LogP contribution in [0, 0.1) is 13.8 Å². The minimum absolute atomic E-state index is 0.966. The Bertz CT molecular complexity index is 594. The van der Waals surface area contributed by atoms with Crippen molar-refractivity contribution < 1.29 is 0 Å². The first kappa shape index (κ1) is 12.0. The molecule has 0 fully saturated rings. The largest absolute Gasteiger partial charge is 0.279 e. The van der Waals surface area contributed by atoms with Crippen LogP contribution in [0.25, 0.3) is 0 Å². The van der Waals surface area contributed by atoms with Gasteiger partial charge >= 0.3 is 0 Å². The van der Waals surface area contributed by atoms with Crippen molar-refractivity contribution >= 4 is 11.4 Å². The number of aryl methyl sites for hydroxylation is 2. The number of hydrazone groups is 1. The molecule has 2 aromatic rings. The van der Waals surface area contributed by atoms with Crippen LogP contribution < -0.4 is 5.43 Å². The summed E-state index contributed by atoms with van der Waals surface area (Å²) in [5, 5.41) is 4.56. The average Bonchev–Trinajstić information content (AvgIpc) is 2.78. The standard InChI is InChI=1S/C17H18N2/c1-12-7-13(2)9-16(8-12)18-19-17-10-14-5-3-4-6-15(14)11-17/h3-9,18H,10-11H2,1-2H3. The molecule has 2 nitrogen and oxygen atoms in total. The number of benzene rings is 2. The lowest BCUT2D eigenvalue weighted by molar-refractivity contribution is 1.25. The van der Waals surface area contributed by atoms with Crippen LogP contribution in [0.5, 0.6) is 0 Å². The zero-order valence-corrected chi connectivity index (χ0v) is 11.4. The molecule has 2 aromatic carbocycles. The number of nitrogens with zero attached hydrogens (tertiary/aromatic N) is 1. The van der Waals surface area contributed by atoms with Gasteiger partial charge < -0.3 is 0 Å². The van der Waals surface area contributed by atoms with E-state index in [0.717, 1.165) is 18.5 Å². The molecule has 1 N–H and O–H groups in total. The Kier molecular flexibility index (Phi) is 3.08. The van der Waals surface area contributed by atoms with Crippen molar-refractivity contribution in [3.05, 3.63) is 64.7 Å². The fraction of sp³-hybridized carbons (Fsp3) is 0.235. The molecule has 2 heteroatoms. The first-order valence-corrected chi connectivity index (χ1v) is 6.67. The maximum absolute atomic E-state index is 4.56. The highest BCUT2D eigenvalue weighted by Crippen LogP contribution is 2.20. The first-order chi connectivity index (χ1) is 9.20. The first-order valence-electron chi connectivity index (χ1n) is 6.67. The van der Waals surface area contributed by atoms with Gasteiger partial charge in [-0.1, -0.05) is 30.3 Å². The van der Waals surface area contributed by atoms with E-state index in [0.29, 0.717) is 0 Å². The quantitative estimate of drug-likeness (QED) is 0.804. The fourth-order valence-corrected chi connectivity index (χ4v) is 2.67. The second-order valence-electron chi connectivity index (χ2n) is 5.29. The Hall–Kier alpha value is -2.09. The molecule has 96 valence electrons. The lowest BCUT2D eigenvalue weighted by Crippen LogP contribution is -2.01. The highest BCUT2D eigenvalue weighted by molar-refractivity contribution is 5.93. The highest BCUT2D eigenvalue weighted by Gasteiger charge is 2.15.